The number of nitrogens with zero attached hydrogens (tertiary/aromatic N) is 2. The first-order chi connectivity index (χ1) is 15.0. The monoisotopic (exact) mass is 420 g/mol. The second kappa shape index (κ2) is 10.7. The fourth-order valence-electron chi connectivity index (χ4n) is 3.56. The molecule has 0 atom stereocenters. The topological polar surface area (TPSA) is 68.7 Å². The maximum atomic E-state index is 12.9. The van der Waals surface area contributed by atoms with Gasteiger partial charge < -0.3 is 14.4 Å². The van der Waals surface area contributed by atoms with Crippen molar-refractivity contribution in [2.24, 2.45) is 0 Å². The third-order valence-corrected chi connectivity index (χ3v) is 5.23. The van der Waals surface area contributed by atoms with Crippen LogP contribution in [0.25, 0.3) is 10.9 Å². The molecule has 3 aromatic rings. The first-order valence-electron chi connectivity index (χ1n) is 10.4. The first-order valence-corrected chi connectivity index (χ1v) is 10.4. The van der Waals surface area contributed by atoms with E-state index in [0.717, 1.165) is 22.0 Å². The molecule has 0 saturated heterocycles. The molecule has 31 heavy (non-hydrogen) atoms. The van der Waals surface area contributed by atoms with Gasteiger partial charge in [-0.15, -0.1) is 0 Å². The van der Waals surface area contributed by atoms with E-state index in [1.807, 2.05) is 68.4 Å². The van der Waals surface area contributed by atoms with E-state index in [9.17, 15) is 9.59 Å². The Hall–Kier alpha value is -3.25. The lowest BCUT2D eigenvalue weighted by Gasteiger charge is -2.22. The second-order valence-electron chi connectivity index (χ2n) is 7.30. The van der Waals surface area contributed by atoms with Gasteiger partial charge in [-0.3, -0.25) is 9.78 Å². The largest absolute Gasteiger partial charge is 0.452 e. The van der Waals surface area contributed by atoms with Gasteiger partial charge in [0.25, 0.3) is 5.91 Å². The van der Waals surface area contributed by atoms with Gasteiger partial charge in [-0.05, 0) is 30.5 Å². The molecule has 0 saturated carbocycles. The van der Waals surface area contributed by atoms with Gasteiger partial charge in [-0.25, -0.2) is 4.79 Å². The fraction of sp³-hybridized carbons (Fsp3) is 0.320. The number of para-hydroxylation sites is 1. The third kappa shape index (κ3) is 5.47. The summed E-state index contributed by atoms with van der Waals surface area (Å²) >= 11 is 0. The van der Waals surface area contributed by atoms with Crippen LogP contribution in [0.15, 0.2) is 54.6 Å². The molecule has 0 unspecified atom stereocenters. The number of aryl methyl sites for hydroxylation is 2. The summed E-state index contributed by atoms with van der Waals surface area (Å²) in [7, 11) is 1.59. The summed E-state index contributed by atoms with van der Waals surface area (Å²) in [4.78, 5) is 32.0. The van der Waals surface area contributed by atoms with E-state index in [0.29, 0.717) is 37.4 Å². The molecular formula is C25H28N2O4. The Morgan fingerprint density at radius 3 is 2.45 bits per heavy atom. The molecule has 6 heteroatoms. The van der Waals surface area contributed by atoms with E-state index in [1.165, 1.54) is 0 Å². The van der Waals surface area contributed by atoms with Crippen LogP contribution in [0.5, 0.6) is 0 Å². The van der Waals surface area contributed by atoms with Gasteiger partial charge in [0.05, 0.1) is 23.4 Å². The quantitative estimate of drug-likeness (QED) is 0.491. The molecule has 1 heterocycles. The van der Waals surface area contributed by atoms with Crippen molar-refractivity contribution < 1.29 is 19.1 Å². The van der Waals surface area contributed by atoms with Crippen LogP contribution in [0.2, 0.25) is 0 Å². The molecule has 0 aliphatic carbocycles. The molecular weight excluding hydrogens is 392 g/mol. The maximum absolute atomic E-state index is 12.9. The van der Waals surface area contributed by atoms with Gasteiger partial charge in [0.2, 0.25) is 0 Å². The number of pyridine rings is 1. The molecule has 1 amide bonds. The van der Waals surface area contributed by atoms with Gasteiger partial charge in [0, 0.05) is 25.6 Å². The lowest BCUT2D eigenvalue weighted by Crippen LogP contribution is -2.36. The number of aromatic nitrogens is 1. The van der Waals surface area contributed by atoms with Crippen LogP contribution in [0.4, 0.5) is 0 Å². The molecule has 0 fully saturated rings. The minimum Gasteiger partial charge on any atom is -0.452 e. The standard InChI is InChI=1S/C25H28N2O4/c1-4-21-24(18(2)20-12-8-9-13-22(20)26-21)25(29)31-17-23(28)27(14-15-30-3)16-19-10-6-5-7-11-19/h5-13H,4,14-17H2,1-3H3. The number of hydrogen-bond donors (Lipinski definition) is 0. The molecule has 0 bridgehead atoms. The lowest BCUT2D eigenvalue weighted by molar-refractivity contribution is -0.135. The number of amides is 1. The maximum Gasteiger partial charge on any atom is 0.340 e. The zero-order valence-electron chi connectivity index (χ0n) is 18.3. The molecule has 0 spiro atoms. The van der Waals surface area contributed by atoms with Gasteiger partial charge in [-0.1, -0.05) is 55.5 Å². The van der Waals surface area contributed by atoms with E-state index in [2.05, 4.69) is 4.98 Å². The van der Waals surface area contributed by atoms with Crippen LogP contribution >= 0.6 is 0 Å². The van der Waals surface area contributed by atoms with E-state index < -0.39 is 5.97 Å². The number of fused-ring (bicyclic) bond motifs is 1. The number of ether oxygens (including phenoxy) is 2. The smallest absolute Gasteiger partial charge is 0.340 e. The Kier molecular flexibility index (Phi) is 7.73. The van der Waals surface area contributed by atoms with Crippen molar-refractivity contribution >= 4 is 22.8 Å². The van der Waals surface area contributed by atoms with Crippen LogP contribution < -0.4 is 0 Å². The van der Waals surface area contributed by atoms with E-state index in [1.54, 1.807) is 12.0 Å². The van der Waals surface area contributed by atoms with Crippen molar-refractivity contribution in [1.29, 1.82) is 0 Å². The van der Waals surface area contributed by atoms with Crippen LogP contribution in [-0.4, -0.2) is 48.6 Å². The molecule has 0 aliphatic rings. The number of carbonyl (C=O) groups is 2. The predicted molar refractivity (Wildman–Crippen MR) is 120 cm³/mol. The van der Waals surface area contributed by atoms with Gasteiger partial charge >= 0.3 is 5.97 Å². The minimum absolute atomic E-state index is 0.265. The van der Waals surface area contributed by atoms with Gasteiger partial charge in [0.15, 0.2) is 6.61 Å². The summed E-state index contributed by atoms with van der Waals surface area (Å²) in [6, 6.07) is 17.4. The summed E-state index contributed by atoms with van der Waals surface area (Å²) in [5.41, 5.74) is 3.79. The Labute approximate surface area is 182 Å². The predicted octanol–water partition coefficient (Wildman–Crippen LogP) is 3.94. The molecule has 6 nitrogen and oxygen atoms in total. The Bertz CT molecular complexity index is 1050. The van der Waals surface area contributed by atoms with Crippen molar-refractivity contribution in [1.82, 2.24) is 9.88 Å². The lowest BCUT2D eigenvalue weighted by atomic mass is 10.0. The molecule has 0 radical (unpaired) electrons. The second-order valence-corrected chi connectivity index (χ2v) is 7.30. The minimum atomic E-state index is -0.521. The molecule has 0 N–H and O–H groups in total. The van der Waals surface area contributed by atoms with Crippen molar-refractivity contribution in [3.05, 3.63) is 77.0 Å². The zero-order chi connectivity index (χ0) is 22.2. The summed E-state index contributed by atoms with van der Waals surface area (Å²) in [5, 5.41) is 0.906. The van der Waals surface area contributed by atoms with Crippen LogP contribution in [0, 0.1) is 6.92 Å². The van der Waals surface area contributed by atoms with Gasteiger partial charge in [-0.2, -0.15) is 0 Å². The highest BCUT2D eigenvalue weighted by atomic mass is 16.5. The zero-order valence-corrected chi connectivity index (χ0v) is 18.3. The normalized spacial score (nSPS) is 10.8. The average molecular weight is 421 g/mol. The number of benzene rings is 2. The summed E-state index contributed by atoms with van der Waals surface area (Å²) in [5.74, 6) is -0.786. The summed E-state index contributed by atoms with van der Waals surface area (Å²) < 4.78 is 10.6. The SMILES string of the molecule is CCc1nc2ccccc2c(C)c1C(=O)OCC(=O)N(CCOC)Cc1ccccc1. The van der Waals surface area contributed by atoms with Crippen molar-refractivity contribution in [3.63, 3.8) is 0 Å². The van der Waals surface area contributed by atoms with E-state index in [4.69, 9.17) is 9.47 Å². The van der Waals surface area contributed by atoms with E-state index >= 15 is 0 Å². The van der Waals surface area contributed by atoms with Crippen molar-refractivity contribution in [2.75, 3.05) is 26.9 Å². The van der Waals surface area contributed by atoms with Crippen molar-refractivity contribution in [3.8, 4) is 0 Å². The number of methoxy groups -OCH3 is 1. The Morgan fingerprint density at radius 2 is 1.74 bits per heavy atom. The molecule has 162 valence electrons. The van der Waals surface area contributed by atoms with Crippen LogP contribution in [0.1, 0.15) is 34.1 Å². The molecule has 2 aromatic carbocycles. The molecule has 1 aromatic heterocycles. The highest BCUT2D eigenvalue weighted by molar-refractivity contribution is 5.99. The Balaban J connectivity index is 1.75. The van der Waals surface area contributed by atoms with Crippen molar-refractivity contribution in [2.45, 2.75) is 26.8 Å². The summed E-state index contributed by atoms with van der Waals surface area (Å²) in [6.45, 7) is 4.76. The first kappa shape index (κ1) is 22.4. The summed E-state index contributed by atoms with van der Waals surface area (Å²) in [6.07, 6.45) is 0.595. The average Bonchev–Trinajstić information content (AvgIpc) is 2.80. The molecule has 0 aliphatic heterocycles. The van der Waals surface area contributed by atoms with Crippen LogP contribution in [0.3, 0.4) is 0 Å². The number of carbonyl (C=O) groups excluding carboxylic acids is 2. The van der Waals surface area contributed by atoms with Gasteiger partial charge in [0.1, 0.15) is 0 Å². The van der Waals surface area contributed by atoms with E-state index in [-0.39, 0.29) is 12.5 Å². The fourth-order valence-corrected chi connectivity index (χ4v) is 3.56. The Morgan fingerprint density at radius 1 is 1.03 bits per heavy atom. The highest BCUT2D eigenvalue weighted by Crippen LogP contribution is 2.24. The number of hydrogen-bond acceptors (Lipinski definition) is 5. The number of esters is 1. The van der Waals surface area contributed by atoms with Crippen LogP contribution in [-0.2, 0) is 27.2 Å². The number of rotatable bonds is 9. The highest BCUT2D eigenvalue weighted by Gasteiger charge is 2.22. The third-order valence-electron chi connectivity index (χ3n) is 5.23. The molecule has 3 rings (SSSR count).